The molecule has 0 bridgehead atoms. The smallest absolute Gasteiger partial charge is 0.418 e. The molecule has 0 fully saturated rings. The molecule has 0 aliphatic heterocycles. The van der Waals surface area contributed by atoms with Crippen LogP contribution in [0, 0.1) is 5.82 Å². The van der Waals surface area contributed by atoms with Crippen LogP contribution in [-0.2, 0) is 21.0 Å². The Morgan fingerprint density at radius 3 is 2.18 bits per heavy atom. The monoisotopic (exact) mass is 496 g/mol. The van der Waals surface area contributed by atoms with Crippen LogP contribution < -0.4 is 14.4 Å². The zero-order valence-electron chi connectivity index (χ0n) is 17.8. The number of para-hydroxylation sites is 1. The molecule has 0 heterocycles. The van der Waals surface area contributed by atoms with Gasteiger partial charge in [0, 0.05) is 0 Å². The molecule has 0 unspecified atom stereocenters. The van der Waals surface area contributed by atoms with Crippen molar-refractivity contribution in [3.63, 3.8) is 0 Å². The van der Waals surface area contributed by atoms with Gasteiger partial charge in [-0.05, 0) is 67.6 Å². The molecule has 1 N–H and O–H groups in total. The van der Waals surface area contributed by atoms with Crippen molar-refractivity contribution in [2.75, 3.05) is 22.8 Å². The van der Waals surface area contributed by atoms with E-state index in [9.17, 15) is 30.8 Å². The van der Waals surface area contributed by atoms with E-state index in [4.69, 9.17) is 4.74 Å². The SMILES string of the molecule is CCOc1ccc(N(CC(=O)Nc2ccccc2C(F)(F)F)S(=O)(=O)c2ccc(F)cc2)cc1. The van der Waals surface area contributed by atoms with Crippen LogP contribution in [0.1, 0.15) is 12.5 Å². The van der Waals surface area contributed by atoms with Gasteiger partial charge < -0.3 is 10.1 Å². The van der Waals surface area contributed by atoms with Crippen LogP contribution in [0.3, 0.4) is 0 Å². The second-order valence-electron chi connectivity index (χ2n) is 6.98. The summed E-state index contributed by atoms with van der Waals surface area (Å²) in [5.74, 6) is -1.21. The maximum absolute atomic E-state index is 13.3. The summed E-state index contributed by atoms with van der Waals surface area (Å²) < 4.78 is 85.8. The van der Waals surface area contributed by atoms with Gasteiger partial charge in [-0.25, -0.2) is 12.8 Å². The van der Waals surface area contributed by atoms with E-state index in [0.29, 0.717) is 12.4 Å². The molecule has 3 aromatic carbocycles. The van der Waals surface area contributed by atoms with Gasteiger partial charge in [0.25, 0.3) is 10.0 Å². The Balaban J connectivity index is 1.96. The van der Waals surface area contributed by atoms with Crippen LogP contribution in [-0.4, -0.2) is 27.5 Å². The number of rotatable bonds is 8. The Morgan fingerprint density at radius 2 is 1.59 bits per heavy atom. The molecule has 3 rings (SSSR count). The molecule has 0 aliphatic carbocycles. The van der Waals surface area contributed by atoms with Gasteiger partial charge in [0.05, 0.1) is 28.4 Å². The van der Waals surface area contributed by atoms with E-state index in [1.165, 1.54) is 36.4 Å². The first-order valence-electron chi connectivity index (χ1n) is 9.99. The number of sulfonamides is 1. The molecule has 0 radical (unpaired) electrons. The molecule has 0 atom stereocenters. The zero-order chi connectivity index (χ0) is 24.9. The van der Waals surface area contributed by atoms with Crippen molar-refractivity contribution in [1.82, 2.24) is 0 Å². The average molecular weight is 496 g/mol. The number of amides is 1. The second-order valence-corrected chi connectivity index (χ2v) is 8.85. The number of ether oxygens (including phenoxy) is 1. The highest BCUT2D eigenvalue weighted by Crippen LogP contribution is 2.34. The van der Waals surface area contributed by atoms with Crippen LogP contribution in [0.4, 0.5) is 28.9 Å². The minimum Gasteiger partial charge on any atom is -0.494 e. The number of halogens is 4. The lowest BCUT2D eigenvalue weighted by Gasteiger charge is -2.24. The maximum Gasteiger partial charge on any atom is 0.418 e. The normalized spacial score (nSPS) is 11.7. The molecule has 0 aliphatic rings. The largest absolute Gasteiger partial charge is 0.494 e. The fourth-order valence-electron chi connectivity index (χ4n) is 3.08. The van der Waals surface area contributed by atoms with Crippen molar-refractivity contribution in [2.45, 2.75) is 18.0 Å². The molecule has 1 amide bonds. The third kappa shape index (κ3) is 5.84. The second kappa shape index (κ2) is 10.1. The summed E-state index contributed by atoms with van der Waals surface area (Å²) in [6.45, 7) is 1.31. The van der Waals surface area contributed by atoms with Crippen molar-refractivity contribution < 1.29 is 35.5 Å². The van der Waals surface area contributed by atoms with Crippen molar-refractivity contribution in [3.8, 4) is 5.75 Å². The molecule has 0 aromatic heterocycles. The Labute approximate surface area is 193 Å². The lowest BCUT2D eigenvalue weighted by molar-refractivity contribution is -0.137. The summed E-state index contributed by atoms with van der Waals surface area (Å²) in [6.07, 6.45) is -4.72. The Kier molecular flexibility index (Phi) is 7.45. The molecule has 0 spiro atoms. The molecule has 6 nitrogen and oxygen atoms in total. The molecule has 0 saturated heterocycles. The number of hydrogen-bond acceptors (Lipinski definition) is 4. The van der Waals surface area contributed by atoms with Crippen molar-refractivity contribution >= 4 is 27.3 Å². The minimum absolute atomic E-state index is 0.0621. The molecular weight excluding hydrogens is 476 g/mol. The number of carbonyl (C=O) groups excluding carboxylic acids is 1. The summed E-state index contributed by atoms with van der Waals surface area (Å²) in [7, 11) is -4.38. The Hall–Kier alpha value is -3.60. The molecule has 34 heavy (non-hydrogen) atoms. The van der Waals surface area contributed by atoms with E-state index in [1.54, 1.807) is 6.92 Å². The number of nitrogens with zero attached hydrogens (tertiary/aromatic N) is 1. The highest BCUT2D eigenvalue weighted by Gasteiger charge is 2.34. The molecule has 180 valence electrons. The first-order chi connectivity index (χ1) is 16.0. The fourth-order valence-corrected chi connectivity index (χ4v) is 4.50. The third-order valence-electron chi connectivity index (χ3n) is 4.63. The van der Waals surface area contributed by atoms with E-state index >= 15 is 0 Å². The number of anilines is 2. The topological polar surface area (TPSA) is 75.7 Å². The van der Waals surface area contributed by atoms with Gasteiger partial charge in [0.1, 0.15) is 18.1 Å². The summed E-state index contributed by atoms with van der Waals surface area (Å²) in [5.41, 5.74) is -1.52. The van der Waals surface area contributed by atoms with Gasteiger partial charge in [0.15, 0.2) is 0 Å². The van der Waals surface area contributed by atoms with Crippen LogP contribution in [0.25, 0.3) is 0 Å². The summed E-state index contributed by atoms with van der Waals surface area (Å²) in [4.78, 5) is 12.4. The van der Waals surface area contributed by atoms with Crippen LogP contribution >= 0.6 is 0 Å². The number of benzene rings is 3. The number of alkyl halides is 3. The average Bonchev–Trinajstić information content (AvgIpc) is 2.78. The van der Waals surface area contributed by atoms with Gasteiger partial charge in [-0.1, -0.05) is 12.1 Å². The van der Waals surface area contributed by atoms with Crippen molar-refractivity contribution in [1.29, 1.82) is 0 Å². The minimum atomic E-state index is -4.72. The van der Waals surface area contributed by atoms with E-state index in [2.05, 4.69) is 5.32 Å². The van der Waals surface area contributed by atoms with E-state index in [-0.39, 0.29) is 10.6 Å². The van der Waals surface area contributed by atoms with Gasteiger partial charge in [-0.3, -0.25) is 9.10 Å². The van der Waals surface area contributed by atoms with Gasteiger partial charge in [-0.2, -0.15) is 13.2 Å². The maximum atomic E-state index is 13.3. The van der Waals surface area contributed by atoms with Gasteiger partial charge in [-0.15, -0.1) is 0 Å². The molecule has 3 aromatic rings. The van der Waals surface area contributed by atoms with Crippen LogP contribution in [0.15, 0.2) is 77.7 Å². The van der Waals surface area contributed by atoms with Crippen molar-refractivity contribution in [3.05, 3.63) is 84.2 Å². The molecule has 0 saturated carbocycles. The third-order valence-corrected chi connectivity index (χ3v) is 6.42. The highest BCUT2D eigenvalue weighted by atomic mass is 32.2. The lowest BCUT2D eigenvalue weighted by atomic mass is 10.1. The predicted octanol–water partition coefficient (Wildman–Crippen LogP) is 5.08. The predicted molar refractivity (Wildman–Crippen MR) is 119 cm³/mol. The van der Waals surface area contributed by atoms with E-state index in [1.807, 2.05) is 0 Å². The summed E-state index contributed by atoms with van der Waals surface area (Å²) >= 11 is 0. The van der Waals surface area contributed by atoms with E-state index < -0.39 is 45.7 Å². The van der Waals surface area contributed by atoms with Gasteiger partial charge >= 0.3 is 6.18 Å². The number of nitrogens with one attached hydrogen (secondary N) is 1. The van der Waals surface area contributed by atoms with Crippen LogP contribution in [0.5, 0.6) is 5.75 Å². The Bertz CT molecular complexity index is 1250. The quantitative estimate of drug-likeness (QED) is 0.442. The highest BCUT2D eigenvalue weighted by molar-refractivity contribution is 7.92. The van der Waals surface area contributed by atoms with Gasteiger partial charge in [0.2, 0.25) is 5.91 Å². The van der Waals surface area contributed by atoms with Crippen LogP contribution in [0.2, 0.25) is 0 Å². The first kappa shape index (κ1) is 25.0. The van der Waals surface area contributed by atoms with Crippen molar-refractivity contribution in [2.24, 2.45) is 0 Å². The molecular formula is C23H20F4N2O4S. The lowest BCUT2D eigenvalue weighted by Crippen LogP contribution is -2.38. The fraction of sp³-hybridized carbons (Fsp3) is 0.174. The Morgan fingerprint density at radius 1 is 0.971 bits per heavy atom. The number of hydrogen-bond donors (Lipinski definition) is 1. The molecule has 11 heteroatoms. The van der Waals surface area contributed by atoms with E-state index in [0.717, 1.165) is 40.7 Å². The zero-order valence-corrected chi connectivity index (χ0v) is 18.7. The standard InChI is InChI=1S/C23H20F4N2O4S/c1-2-33-18-11-9-17(10-12-18)29(34(31,32)19-13-7-16(24)8-14-19)15-22(30)28-21-6-4-3-5-20(21)23(25,26)27/h3-14H,2,15H2,1H3,(H,28,30). The number of carbonyl (C=O) groups is 1. The first-order valence-corrected chi connectivity index (χ1v) is 11.4. The summed E-state index contributed by atoms with van der Waals surface area (Å²) in [6, 6.07) is 14.1. The summed E-state index contributed by atoms with van der Waals surface area (Å²) in [5, 5.41) is 2.13.